The van der Waals surface area contributed by atoms with Crippen molar-refractivity contribution in [3.63, 3.8) is 0 Å². The first-order valence-electron chi connectivity index (χ1n) is 7.12. The molecule has 22 heavy (non-hydrogen) atoms. The minimum absolute atomic E-state index is 0.0604. The molecule has 2 N–H and O–H groups in total. The van der Waals surface area contributed by atoms with Gasteiger partial charge in [-0.3, -0.25) is 4.79 Å². The van der Waals surface area contributed by atoms with Gasteiger partial charge in [-0.05, 0) is 30.2 Å². The molecule has 1 heterocycles. The average molecular weight is 300 g/mol. The van der Waals surface area contributed by atoms with E-state index in [9.17, 15) is 4.79 Å². The van der Waals surface area contributed by atoms with E-state index in [1.807, 2.05) is 38.1 Å². The molecular weight excluding hydrogens is 280 g/mol. The quantitative estimate of drug-likeness (QED) is 0.856. The topological polar surface area (TPSA) is 76.1 Å². The molecular formula is C16H20N4O2. The second-order valence-electron chi connectivity index (χ2n) is 5.28. The van der Waals surface area contributed by atoms with Crippen LogP contribution in [0.15, 0.2) is 36.4 Å². The maximum Gasteiger partial charge on any atom is 0.225 e. The van der Waals surface area contributed by atoms with Crippen molar-refractivity contribution < 1.29 is 9.53 Å². The van der Waals surface area contributed by atoms with Crippen molar-refractivity contribution in [2.75, 3.05) is 17.7 Å². The molecule has 0 spiro atoms. The molecule has 116 valence electrons. The van der Waals surface area contributed by atoms with Crippen molar-refractivity contribution in [2.24, 2.45) is 5.92 Å². The Labute approximate surface area is 129 Å². The van der Waals surface area contributed by atoms with Gasteiger partial charge in [-0.2, -0.15) is 0 Å². The summed E-state index contributed by atoms with van der Waals surface area (Å²) in [7, 11) is 1.61. The van der Waals surface area contributed by atoms with Crippen molar-refractivity contribution in [3.05, 3.63) is 36.4 Å². The molecule has 0 unspecified atom stereocenters. The first kappa shape index (κ1) is 15.8. The Morgan fingerprint density at radius 1 is 1.14 bits per heavy atom. The smallest absolute Gasteiger partial charge is 0.225 e. The third-order valence-corrected chi connectivity index (χ3v) is 2.90. The van der Waals surface area contributed by atoms with Crippen molar-refractivity contribution >= 4 is 23.2 Å². The van der Waals surface area contributed by atoms with E-state index in [2.05, 4.69) is 20.8 Å². The zero-order chi connectivity index (χ0) is 15.9. The monoisotopic (exact) mass is 300 g/mol. The highest BCUT2D eigenvalue weighted by Crippen LogP contribution is 2.25. The SMILES string of the molecule is COc1ccccc1Nc1ccc(NC(=O)CC(C)C)nn1. The number of anilines is 3. The molecule has 0 atom stereocenters. The third-order valence-electron chi connectivity index (χ3n) is 2.90. The van der Waals surface area contributed by atoms with Crippen LogP contribution in [0.2, 0.25) is 0 Å². The Morgan fingerprint density at radius 3 is 2.45 bits per heavy atom. The molecule has 2 rings (SSSR count). The van der Waals surface area contributed by atoms with E-state index < -0.39 is 0 Å². The van der Waals surface area contributed by atoms with Gasteiger partial charge in [-0.1, -0.05) is 26.0 Å². The second-order valence-corrected chi connectivity index (χ2v) is 5.28. The number of amides is 1. The Kier molecular flexibility index (Phi) is 5.30. The van der Waals surface area contributed by atoms with Gasteiger partial charge in [0.25, 0.3) is 0 Å². The molecule has 0 saturated carbocycles. The van der Waals surface area contributed by atoms with E-state index >= 15 is 0 Å². The highest BCUT2D eigenvalue weighted by molar-refractivity contribution is 5.89. The number of para-hydroxylation sites is 2. The molecule has 0 aliphatic heterocycles. The molecule has 2 aromatic rings. The van der Waals surface area contributed by atoms with Crippen molar-refractivity contribution in [1.29, 1.82) is 0 Å². The zero-order valence-electron chi connectivity index (χ0n) is 13.0. The van der Waals surface area contributed by atoms with Gasteiger partial charge in [0.05, 0.1) is 12.8 Å². The Morgan fingerprint density at radius 2 is 1.82 bits per heavy atom. The predicted octanol–water partition coefficient (Wildman–Crippen LogP) is 3.21. The molecule has 0 saturated heterocycles. The Hall–Kier alpha value is -2.63. The summed E-state index contributed by atoms with van der Waals surface area (Å²) in [4.78, 5) is 11.7. The van der Waals surface area contributed by atoms with Crippen LogP contribution in [0, 0.1) is 5.92 Å². The molecule has 0 fully saturated rings. The first-order valence-corrected chi connectivity index (χ1v) is 7.12. The molecule has 1 amide bonds. The van der Waals surface area contributed by atoms with Gasteiger partial charge in [0.15, 0.2) is 11.6 Å². The van der Waals surface area contributed by atoms with E-state index in [1.165, 1.54) is 0 Å². The van der Waals surface area contributed by atoms with Crippen LogP contribution in [-0.2, 0) is 4.79 Å². The maximum absolute atomic E-state index is 11.7. The van der Waals surface area contributed by atoms with Crippen molar-refractivity contribution in [1.82, 2.24) is 10.2 Å². The summed E-state index contributed by atoms with van der Waals surface area (Å²) in [6.45, 7) is 3.98. The lowest BCUT2D eigenvalue weighted by molar-refractivity contribution is -0.116. The Bertz CT molecular complexity index is 626. The van der Waals surface area contributed by atoms with Crippen molar-refractivity contribution in [2.45, 2.75) is 20.3 Å². The highest BCUT2D eigenvalue weighted by Gasteiger charge is 2.07. The number of hydrogen-bond acceptors (Lipinski definition) is 5. The maximum atomic E-state index is 11.7. The average Bonchev–Trinajstić information content (AvgIpc) is 2.49. The summed E-state index contributed by atoms with van der Waals surface area (Å²) in [5, 5.41) is 13.9. The van der Waals surface area contributed by atoms with Crippen LogP contribution in [0.1, 0.15) is 20.3 Å². The summed E-state index contributed by atoms with van der Waals surface area (Å²) in [5.74, 6) is 1.98. The van der Waals surface area contributed by atoms with E-state index in [4.69, 9.17) is 4.74 Å². The fraction of sp³-hybridized carbons (Fsp3) is 0.312. The van der Waals surface area contributed by atoms with Crippen LogP contribution < -0.4 is 15.4 Å². The number of carbonyl (C=O) groups is 1. The number of ether oxygens (including phenoxy) is 1. The van der Waals surface area contributed by atoms with Gasteiger partial charge in [-0.15, -0.1) is 10.2 Å². The van der Waals surface area contributed by atoms with Crippen LogP contribution in [0.5, 0.6) is 5.75 Å². The fourth-order valence-corrected chi connectivity index (χ4v) is 1.92. The van der Waals surface area contributed by atoms with Crippen molar-refractivity contribution in [3.8, 4) is 5.75 Å². The van der Waals surface area contributed by atoms with Gasteiger partial charge >= 0.3 is 0 Å². The molecule has 0 aliphatic carbocycles. The minimum atomic E-state index is -0.0604. The van der Waals surface area contributed by atoms with E-state index in [0.717, 1.165) is 11.4 Å². The van der Waals surface area contributed by atoms with Gasteiger partial charge < -0.3 is 15.4 Å². The number of nitrogens with zero attached hydrogens (tertiary/aromatic N) is 2. The Balaban J connectivity index is 2.01. The summed E-state index contributed by atoms with van der Waals surface area (Å²) in [6, 6.07) is 11.0. The summed E-state index contributed by atoms with van der Waals surface area (Å²) >= 11 is 0. The second kappa shape index (κ2) is 7.40. The van der Waals surface area contributed by atoms with Crippen LogP contribution in [0.4, 0.5) is 17.3 Å². The van der Waals surface area contributed by atoms with Gasteiger partial charge in [0, 0.05) is 6.42 Å². The van der Waals surface area contributed by atoms with Gasteiger partial charge in [0.1, 0.15) is 5.75 Å². The van der Waals surface area contributed by atoms with E-state index in [0.29, 0.717) is 24.0 Å². The molecule has 0 bridgehead atoms. The zero-order valence-corrected chi connectivity index (χ0v) is 13.0. The van der Waals surface area contributed by atoms with Crippen LogP contribution in [0.25, 0.3) is 0 Å². The van der Waals surface area contributed by atoms with E-state index in [1.54, 1.807) is 19.2 Å². The van der Waals surface area contributed by atoms with E-state index in [-0.39, 0.29) is 5.91 Å². The number of hydrogen-bond donors (Lipinski definition) is 2. The molecule has 1 aromatic carbocycles. The predicted molar refractivity (Wildman–Crippen MR) is 86.4 cm³/mol. The van der Waals surface area contributed by atoms with Gasteiger partial charge in [-0.25, -0.2) is 0 Å². The number of aromatic nitrogens is 2. The normalized spacial score (nSPS) is 10.4. The highest BCUT2D eigenvalue weighted by atomic mass is 16.5. The first-order chi connectivity index (χ1) is 10.6. The van der Waals surface area contributed by atoms with Crippen LogP contribution in [-0.4, -0.2) is 23.2 Å². The van der Waals surface area contributed by atoms with Crippen LogP contribution in [0.3, 0.4) is 0 Å². The summed E-state index contributed by atoms with van der Waals surface area (Å²) in [6.07, 6.45) is 0.461. The standard InChI is InChI=1S/C16H20N4O2/c1-11(2)10-16(21)18-15-9-8-14(19-20-15)17-12-6-4-5-7-13(12)22-3/h4-9,11H,10H2,1-3H3,(H,17,19)(H,18,20,21). The lowest BCUT2D eigenvalue weighted by Gasteiger charge is -2.10. The molecule has 1 aromatic heterocycles. The van der Waals surface area contributed by atoms with Crippen LogP contribution >= 0.6 is 0 Å². The number of benzene rings is 1. The largest absolute Gasteiger partial charge is 0.495 e. The number of methoxy groups -OCH3 is 1. The lowest BCUT2D eigenvalue weighted by atomic mass is 10.1. The van der Waals surface area contributed by atoms with Gasteiger partial charge in [0.2, 0.25) is 5.91 Å². The minimum Gasteiger partial charge on any atom is -0.495 e. The summed E-state index contributed by atoms with van der Waals surface area (Å²) < 4.78 is 5.26. The molecule has 6 heteroatoms. The number of carbonyl (C=O) groups excluding carboxylic acids is 1. The number of nitrogens with one attached hydrogen (secondary N) is 2. The third kappa shape index (κ3) is 4.44. The summed E-state index contributed by atoms with van der Waals surface area (Å²) in [5.41, 5.74) is 0.802. The molecule has 6 nitrogen and oxygen atoms in total. The number of rotatable bonds is 6. The fourth-order valence-electron chi connectivity index (χ4n) is 1.92. The molecule has 0 aliphatic rings. The lowest BCUT2D eigenvalue weighted by Crippen LogP contribution is -2.15. The molecule has 0 radical (unpaired) electrons.